The van der Waals surface area contributed by atoms with Crippen molar-refractivity contribution >= 4 is 23.2 Å². The van der Waals surface area contributed by atoms with E-state index in [9.17, 15) is 9.59 Å². The number of benzene rings is 2. The van der Waals surface area contributed by atoms with Gasteiger partial charge in [0.2, 0.25) is 5.91 Å². The van der Waals surface area contributed by atoms with E-state index in [0.717, 1.165) is 12.1 Å². The first-order chi connectivity index (χ1) is 12.7. The van der Waals surface area contributed by atoms with Crippen molar-refractivity contribution < 1.29 is 9.59 Å². The average molecular weight is 349 g/mol. The Morgan fingerprint density at radius 3 is 2.42 bits per heavy atom. The van der Waals surface area contributed by atoms with E-state index in [1.54, 1.807) is 59.5 Å². The lowest BCUT2D eigenvalue weighted by molar-refractivity contribution is -0.116. The number of carbonyl (C=O) groups excluding carboxylic acids is 2. The molecule has 2 N–H and O–H groups in total. The van der Waals surface area contributed by atoms with Gasteiger partial charge in [-0.2, -0.15) is 5.10 Å². The molecule has 0 saturated carbocycles. The van der Waals surface area contributed by atoms with Gasteiger partial charge >= 0.3 is 0 Å². The van der Waals surface area contributed by atoms with Crippen molar-refractivity contribution in [3.8, 4) is 5.69 Å². The third-order valence-electron chi connectivity index (χ3n) is 3.69. The largest absolute Gasteiger partial charge is 0.326 e. The average Bonchev–Trinajstić information content (AvgIpc) is 3.17. The molecule has 0 unspecified atom stereocenters. The summed E-state index contributed by atoms with van der Waals surface area (Å²) in [6.45, 7) is 1.95. The highest BCUT2D eigenvalue weighted by atomic mass is 16.2. The van der Waals surface area contributed by atoms with Gasteiger partial charge in [-0.15, -0.1) is 0 Å². The second-order valence-corrected chi connectivity index (χ2v) is 5.72. The monoisotopic (exact) mass is 349 g/mol. The van der Waals surface area contributed by atoms with Gasteiger partial charge in [-0.1, -0.05) is 13.0 Å². The van der Waals surface area contributed by atoms with Crippen LogP contribution >= 0.6 is 0 Å². The predicted molar refractivity (Wildman–Crippen MR) is 99.3 cm³/mol. The van der Waals surface area contributed by atoms with E-state index in [4.69, 9.17) is 0 Å². The van der Waals surface area contributed by atoms with E-state index >= 15 is 0 Å². The van der Waals surface area contributed by atoms with Crippen LogP contribution < -0.4 is 10.6 Å². The fourth-order valence-corrected chi connectivity index (χ4v) is 2.44. The van der Waals surface area contributed by atoms with Crippen LogP contribution in [0.5, 0.6) is 0 Å². The third-order valence-corrected chi connectivity index (χ3v) is 3.69. The van der Waals surface area contributed by atoms with Gasteiger partial charge in [-0.25, -0.2) is 9.67 Å². The van der Waals surface area contributed by atoms with Crippen LogP contribution in [0.4, 0.5) is 11.4 Å². The smallest absolute Gasteiger partial charge is 0.255 e. The SMILES string of the molecule is CCCC(=O)Nc1cccc(NC(=O)c2ccc(-n3cncn3)cc2)c1. The normalized spacial score (nSPS) is 10.3. The minimum absolute atomic E-state index is 0.0420. The summed E-state index contributed by atoms with van der Waals surface area (Å²) in [5.74, 6) is -0.271. The Labute approximate surface area is 151 Å². The molecule has 3 rings (SSSR count). The zero-order chi connectivity index (χ0) is 18.4. The van der Waals surface area contributed by atoms with Gasteiger partial charge in [0.1, 0.15) is 12.7 Å². The number of anilines is 2. The second kappa shape index (κ2) is 8.06. The van der Waals surface area contributed by atoms with Crippen LogP contribution in [0.15, 0.2) is 61.2 Å². The van der Waals surface area contributed by atoms with Crippen LogP contribution in [0.1, 0.15) is 30.1 Å². The number of carbonyl (C=O) groups is 2. The maximum absolute atomic E-state index is 12.4. The van der Waals surface area contributed by atoms with Crippen LogP contribution in [0.25, 0.3) is 5.69 Å². The molecule has 26 heavy (non-hydrogen) atoms. The van der Waals surface area contributed by atoms with E-state index in [-0.39, 0.29) is 11.8 Å². The molecule has 2 amide bonds. The maximum atomic E-state index is 12.4. The minimum Gasteiger partial charge on any atom is -0.326 e. The molecule has 132 valence electrons. The first-order valence-corrected chi connectivity index (χ1v) is 8.32. The number of rotatable bonds is 6. The fraction of sp³-hybridized carbons (Fsp3) is 0.158. The van der Waals surface area contributed by atoms with Gasteiger partial charge in [0.15, 0.2) is 0 Å². The Balaban J connectivity index is 1.67. The summed E-state index contributed by atoms with van der Waals surface area (Å²) in [6, 6.07) is 14.1. The molecule has 0 fully saturated rings. The molecule has 0 aliphatic rings. The number of nitrogens with zero attached hydrogens (tertiary/aromatic N) is 3. The molecule has 0 bridgehead atoms. The molecular weight excluding hydrogens is 330 g/mol. The predicted octanol–water partition coefficient (Wildman–Crippen LogP) is 3.26. The highest BCUT2D eigenvalue weighted by Gasteiger charge is 2.08. The molecule has 0 atom stereocenters. The summed E-state index contributed by atoms with van der Waals surface area (Å²) in [7, 11) is 0. The van der Waals surface area contributed by atoms with Gasteiger partial charge in [0.25, 0.3) is 5.91 Å². The van der Waals surface area contributed by atoms with Crippen LogP contribution in [0, 0.1) is 0 Å². The fourth-order valence-electron chi connectivity index (χ4n) is 2.44. The summed E-state index contributed by atoms with van der Waals surface area (Å²) < 4.78 is 1.62. The zero-order valence-corrected chi connectivity index (χ0v) is 14.3. The molecule has 0 saturated heterocycles. The van der Waals surface area contributed by atoms with Gasteiger partial charge in [-0.3, -0.25) is 9.59 Å². The van der Waals surface area contributed by atoms with Crippen LogP contribution in [0.3, 0.4) is 0 Å². The Hall–Kier alpha value is -3.48. The molecule has 0 aliphatic carbocycles. The number of nitrogens with one attached hydrogen (secondary N) is 2. The van der Waals surface area contributed by atoms with E-state index < -0.39 is 0 Å². The number of amides is 2. The standard InChI is InChI=1S/C19H19N5O2/c1-2-4-18(25)22-15-5-3-6-16(11-15)23-19(26)14-7-9-17(10-8-14)24-13-20-12-21-24/h3,5-13H,2,4H2,1H3,(H,22,25)(H,23,26). The first kappa shape index (κ1) is 17.3. The van der Waals surface area contributed by atoms with Crippen LogP contribution in [-0.4, -0.2) is 26.6 Å². The van der Waals surface area contributed by atoms with E-state index in [1.165, 1.54) is 6.33 Å². The summed E-state index contributed by atoms with van der Waals surface area (Å²) in [4.78, 5) is 28.0. The third kappa shape index (κ3) is 4.32. The van der Waals surface area contributed by atoms with Gasteiger partial charge < -0.3 is 10.6 Å². The summed E-state index contributed by atoms with van der Waals surface area (Å²) in [5, 5.41) is 9.69. The number of aromatic nitrogens is 3. The van der Waals surface area contributed by atoms with Crippen molar-refractivity contribution in [2.24, 2.45) is 0 Å². The lowest BCUT2D eigenvalue weighted by Gasteiger charge is -2.09. The van der Waals surface area contributed by atoms with E-state index in [1.807, 2.05) is 6.92 Å². The quantitative estimate of drug-likeness (QED) is 0.715. The minimum atomic E-state index is -0.229. The zero-order valence-electron chi connectivity index (χ0n) is 14.3. The molecule has 0 radical (unpaired) electrons. The highest BCUT2D eigenvalue weighted by molar-refractivity contribution is 6.04. The first-order valence-electron chi connectivity index (χ1n) is 8.32. The van der Waals surface area contributed by atoms with Crippen LogP contribution in [-0.2, 0) is 4.79 Å². The van der Waals surface area contributed by atoms with E-state index in [2.05, 4.69) is 20.7 Å². The molecule has 7 heteroatoms. The second-order valence-electron chi connectivity index (χ2n) is 5.72. The lowest BCUT2D eigenvalue weighted by Crippen LogP contribution is -2.13. The van der Waals surface area contributed by atoms with Crippen LogP contribution in [0.2, 0.25) is 0 Å². The van der Waals surface area contributed by atoms with Gasteiger partial charge in [-0.05, 0) is 48.9 Å². The maximum Gasteiger partial charge on any atom is 0.255 e. The molecule has 2 aromatic carbocycles. The Bertz CT molecular complexity index is 889. The Morgan fingerprint density at radius 2 is 1.77 bits per heavy atom. The molecule has 7 nitrogen and oxygen atoms in total. The molecule has 0 spiro atoms. The van der Waals surface area contributed by atoms with Crippen molar-refractivity contribution in [2.75, 3.05) is 10.6 Å². The lowest BCUT2D eigenvalue weighted by atomic mass is 10.2. The Morgan fingerprint density at radius 1 is 1.04 bits per heavy atom. The van der Waals surface area contributed by atoms with Gasteiger partial charge in [0, 0.05) is 23.4 Å². The highest BCUT2D eigenvalue weighted by Crippen LogP contribution is 2.17. The number of hydrogen-bond acceptors (Lipinski definition) is 4. The molecule has 0 aliphatic heterocycles. The molecule has 1 aromatic heterocycles. The van der Waals surface area contributed by atoms with Crippen molar-refractivity contribution in [3.05, 3.63) is 66.7 Å². The Kier molecular flexibility index (Phi) is 5.38. The molecule has 1 heterocycles. The topological polar surface area (TPSA) is 88.9 Å². The summed E-state index contributed by atoms with van der Waals surface area (Å²) >= 11 is 0. The van der Waals surface area contributed by atoms with Crippen molar-refractivity contribution in [2.45, 2.75) is 19.8 Å². The van der Waals surface area contributed by atoms with Crippen molar-refractivity contribution in [1.82, 2.24) is 14.8 Å². The van der Waals surface area contributed by atoms with E-state index in [0.29, 0.717) is 23.4 Å². The molecule has 3 aromatic rings. The van der Waals surface area contributed by atoms with Crippen molar-refractivity contribution in [3.63, 3.8) is 0 Å². The van der Waals surface area contributed by atoms with Gasteiger partial charge in [0.05, 0.1) is 5.69 Å². The summed E-state index contributed by atoms with van der Waals surface area (Å²) in [6.07, 6.45) is 4.29. The molecular formula is C19H19N5O2. The number of hydrogen-bond donors (Lipinski definition) is 2. The van der Waals surface area contributed by atoms with Crippen molar-refractivity contribution in [1.29, 1.82) is 0 Å². The summed E-state index contributed by atoms with van der Waals surface area (Å²) in [5.41, 5.74) is 2.61.